The average Bonchev–Trinajstić information content (AvgIpc) is 2.80. The summed E-state index contributed by atoms with van der Waals surface area (Å²) in [6.45, 7) is 0.296. The quantitative estimate of drug-likeness (QED) is 0.704. The summed E-state index contributed by atoms with van der Waals surface area (Å²) >= 11 is 0. The summed E-state index contributed by atoms with van der Waals surface area (Å²) in [4.78, 5) is 3.98. The molecule has 0 saturated heterocycles. The molecule has 0 saturated carbocycles. The minimum atomic E-state index is 0.296. The molecule has 0 unspecified atom stereocenters. The first-order valence-corrected chi connectivity index (χ1v) is 4.55. The molecule has 0 bridgehead atoms. The van der Waals surface area contributed by atoms with Gasteiger partial charge in [-0.3, -0.25) is 0 Å². The van der Waals surface area contributed by atoms with E-state index in [2.05, 4.69) is 10.9 Å². The van der Waals surface area contributed by atoms with Crippen molar-refractivity contribution < 1.29 is 4.74 Å². The Kier molecular flexibility index (Phi) is 2.70. The van der Waals surface area contributed by atoms with E-state index in [1.54, 1.807) is 12.5 Å². The molecule has 0 fully saturated rings. The first-order chi connectivity index (χ1) is 7.40. The summed E-state index contributed by atoms with van der Waals surface area (Å²) in [5.74, 6) is 3.20. The summed E-state index contributed by atoms with van der Waals surface area (Å²) in [6.07, 6.45) is 10.5. The van der Waals surface area contributed by atoms with Crippen LogP contribution in [0, 0.1) is 12.3 Å². The molecular formula is C12H10N2O. The monoisotopic (exact) mass is 198 g/mol. The van der Waals surface area contributed by atoms with Gasteiger partial charge in [0.25, 0.3) is 0 Å². The molecule has 0 aliphatic rings. The molecule has 2 rings (SSSR count). The highest BCUT2D eigenvalue weighted by Crippen LogP contribution is 2.14. The van der Waals surface area contributed by atoms with Crippen molar-refractivity contribution >= 4 is 0 Å². The zero-order chi connectivity index (χ0) is 10.5. The Balaban J connectivity index is 2.15. The van der Waals surface area contributed by atoms with E-state index in [9.17, 15) is 0 Å². The first-order valence-electron chi connectivity index (χ1n) is 4.55. The lowest BCUT2D eigenvalue weighted by atomic mass is 10.3. The number of benzene rings is 1. The lowest BCUT2D eigenvalue weighted by Gasteiger charge is -2.04. The topological polar surface area (TPSA) is 27.1 Å². The Labute approximate surface area is 88.3 Å². The van der Waals surface area contributed by atoms with Crippen LogP contribution in [0.3, 0.4) is 0 Å². The van der Waals surface area contributed by atoms with Gasteiger partial charge in [-0.05, 0) is 24.3 Å². The van der Waals surface area contributed by atoms with Crippen molar-refractivity contribution in [1.29, 1.82) is 0 Å². The third-order valence-electron chi connectivity index (χ3n) is 1.96. The van der Waals surface area contributed by atoms with Crippen LogP contribution in [-0.4, -0.2) is 16.2 Å². The summed E-state index contributed by atoms with van der Waals surface area (Å²) in [6, 6.07) is 7.67. The zero-order valence-electron chi connectivity index (χ0n) is 8.13. The number of ether oxygens (including phenoxy) is 1. The third kappa shape index (κ3) is 2.18. The highest BCUT2D eigenvalue weighted by atomic mass is 16.5. The van der Waals surface area contributed by atoms with Gasteiger partial charge in [0.05, 0.1) is 6.33 Å². The molecule has 0 atom stereocenters. The third-order valence-corrected chi connectivity index (χ3v) is 1.96. The van der Waals surface area contributed by atoms with E-state index in [0.717, 1.165) is 11.4 Å². The summed E-state index contributed by atoms with van der Waals surface area (Å²) in [5, 5.41) is 0. The molecule has 0 radical (unpaired) electrons. The Morgan fingerprint density at radius 1 is 1.33 bits per heavy atom. The second-order valence-electron chi connectivity index (χ2n) is 2.96. The fraction of sp³-hybridized carbons (Fsp3) is 0.0833. The van der Waals surface area contributed by atoms with Crippen LogP contribution in [0.4, 0.5) is 0 Å². The molecule has 0 N–H and O–H groups in total. The van der Waals surface area contributed by atoms with Crippen LogP contribution in [0.25, 0.3) is 5.69 Å². The number of nitrogens with zero attached hydrogens (tertiary/aromatic N) is 2. The lowest BCUT2D eigenvalue weighted by Crippen LogP contribution is -1.94. The predicted molar refractivity (Wildman–Crippen MR) is 57.9 cm³/mol. The molecule has 15 heavy (non-hydrogen) atoms. The highest BCUT2D eigenvalue weighted by Gasteiger charge is 1.96. The van der Waals surface area contributed by atoms with Crippen molar-refractivity contribution in [2.24, 2.45) is 0 Å². The summed E-state index contributed by atoms with van der Waals surface area (Å²) in [5.41, 5.74) is 1.04. The van der Waals surface area contributed by atoms with Crippen LogP contribution in [0.15, 0.2) is 43.0 Å². The molecule has 1 aromatic carbocycles. The number of rotatable bonds is 3. The second-order valence-corrected chi connectivity index (χ2v) is 2.96. The highest BCUT2D eigenvalue weighted by molar-refractivity contribution is 5.37. The smallest absolute Gasteiger partial charge is 0.148 e. The molecule has 1 heterocycles. The van der Waals surface area contributed by atoms with Gasteiger partial charge < -0.3 is 9.30 Å². The number of aromatic nitrogens is 2. The SMILES string of the molecule is C#CCOc1ccc(-n2ccnc2)cc1. The average molecular weight is 198 g/mol. The zero-order valence-corrected chi connectivity index (χ0v) is 8.13. The standard InChI is InChI=1S/C12H10N2O/c1-2-9-15-12-5-3-11(4-6-12)14-8-7-13-10-14/h1,3-8,10H,9H2. The fourth-order valence-corrected chi connectivity index (χ4v) is 1.25. The maximum atomic E-state index is 5.27. The van der Waals surface area contributed by atoms with Crippen LogP contribution in [0.1, 0.15) is 0 Å². The van der Waals surface area contributed by atoms with Crippen molar-refractivity contribution in [3.05, 3.63) is 43.0 Å². The van der Waals surface area contributed by atoms with Gasteiger partial charge in [-0.2, -0.15) is 0 Å². The van der Waals surface area contributed by atoms with E-state index in [1.807, 2.05) is 35.0 Å². The van der Waals surface area contributed by atoms with Crippen LogP contribution in [-0.2, 0) is 0 Å². The maximum Gasteiger partial charge on any atom is 0.148 e. The number of terminal acetylenes is 1. The predicted octanol–water partition coefficient (Wildman–Crippen LogP) is 1.88. The molecule has 2 aromatic rings. The Morgan fingerprint density at radius 2 is 2.13 bits per heavy atom. The van der Waals surface area contributed by atoms with Crippen LogP contribution in [0.2, 0.25) is 0 Å². The molecule has 0 aliphatic carbocycles. The van der Waals surface area contributed by atoms with Gasteiger partial charge in [-0.25, -0.2) is 4.98 Å². The summed E-state index contributed by atoms with van der Waals surface area (Å²) < 4.78 is 7.19. The van der Waals surface area contributed by atoms with Gasteiger partial charge in [-0.1, -0.05) is 5.92 Å². The Bertz CT molecular complexity index is 451. The number of hydrogen-bond acceptors (Lipinski definition) is 2. The van der Waals surface area contributed by atoms with Gasteiger partial charge in [0.2, 0.25) is 0 Å². The van der Waals surface area contributed by atoms with Gasteiger partial charge >= 0.3 is 0 Å². The largest absolute Gasteiger partial charge is 0.481 e. The number of hydrogen-bond donors (Lipinski definition) is 0. The molecule has 0 amide bonds. The molecule has 74 valence electrons. The van der Waals surface area contributed by atoms with E-state index in [4.69, 9.17) is 11.2 Å². The molecular weight excluding hydrogens is 188 g/mol. The van der Waals surface area contributed by atoms with Crippen LogP contribution in [0.5, 0.6) is 5.75 Å². The molecule has 1 aromatic heterocycles. The van der Waals surface area contributed by atoms with Crippen molar-refractivity contribution in [1.82, 2.24) is 9.55 Å². The van der Waals surface area contributed by atoms with E-state index in [1.165, 1.54) is 0 Å². The molecule has 3 nitrogen and oxygen atoms in total. The van der Waals surface area contributed by atoms with E-state index >= 15 is 0 Å². The second kappa shape index (κ2) is 4.34. The normalized spacial score (nSPS) is 9.53. The van der Waals surface area contributed by atoms with Gasteiger partial charge in [0.1, 0.15) is 12.4 Å². The molecule has 0 aliphatic heterocycles. The van der Waals surface area contributed by atoms with E-state index < -0.39 is 0 Å². The minimum absolute atomic E-state index is 0.296. The Morgan fingerprint density at radius 3 is 2.73 bits per heavy atom. The van der Waals surface area contributed by atoms with Gasteiger partial charge in [0.15, 0.2) is 0 Å². The van der Waals surface area contributed by atoms with Gasteiger partial charge in [-0.15, -0.1) is 6.42 Å². The fourth-order valence-electron chi connectivity index (χ4n) is 1.25. The van der Waals surface area contributed by atoms with Crippen molar-refractivity contribution in [2.75, 3.05) is 6.61 Å². The molecule has 0 spiro atoms. The van der Waals surface area contributed by atoms with Gasteiger partial charge in [0, 0.05) is 18.1 Å². The summed E-state index contributed by atoms with van der Waals surface area (Å²) in [7, 11) is 0. The maximum absolute atomic E-state index is 5.27. The lowest BCUT2D eigenvalue weighted by molar-refractivity contribution is 0.370. The first kappa shape index (κ1) is 9.35. The molecule has 3 heteroatoms. The van der Waals surface area contributed by atoms with Crippen molar-refractivity contribution in [3.8, 4) is 23.8 Å². The van der Waals surface area contributed by atoms with E-state index in [0.29, 0.717) is 6.61 Å². The van der Waals surface area contributed by atoms with Crippen LogP contribution >= 0.6 is 0 Å². The van der Waals surface area contributed by atoms with Crippen molar-refractivity contribution in [3.63, 3.8) is 0 Å². The minimum Gasteiger partial charge on any atom is -0.481 e. The Hall–Kier alpha value is -2.21. The number of imidazole rings is 1. The van der Waals surface area contributed by atoms with Crippen molar-refractivity contribution in [2.45, 2.75) is 0 Å². The van der Waals surface area contributed by atoms with Crippen LogP contribution < -0.4 is 4.74 Å². The van der Waals surface area contributed by atoms with E-state index in [-0.39, 0.29) is 0 Å².